The third-order valence-electron chi connectivity index (χ3n) is 7.18. The largest absolute Gasteiger partial charge is 0.461 e. The van der Waals surface area contributed by atoms with Crippen molar-refractivity contribution in [3.63, 3.8) is 0 Å². The number of benzene rings is 1. The van der Waals surface area contributed by atoms with Gasteiger partial charge in [0.2, 0.25) is 0 Å². The normalized spacial score (nSPS) is 24.1. The molecule has 1 aromatic heterocycles. The molecule has 0 radical (unpaired) electrons. The average molecular weight is 426 g/mol. The fourth-order valence-corrected chi connectivity index (χ4v) is 5.34. The lowest BCUT2D eigenvalue weighted by Gasteiger charge is -2.38. The summed E-state index contributed by atoms with van der Waals surface area (Å²) >= 11 is 0. The van der Waals surface area contributed by atoms with Crippen molar-refractivity contribution in [2.45, 2.75) is 38.9 Å². The summed E-state index contributed by atoms with van der Waals surface area (Å²) in [6.07, 6.45) is 2.31. The maximum Gasteiger partial charge on any atom is 0.312 e. The fourth-order valence-electron chi connectivity index (χ4n) is 5.34. The van der Waals surface area contributed by atoms with E-state index >= 15 is 0 Å². The van der Waals surface area contributed by atoms with E-state index in [9.17, 15) is 9.90 Å². The number of piperidine rings is 1. The van der Waals surface area contributed by atoms with Crippen molar-refractivity contribution in [1.82, 2.24) is 9.88 Å². The summed E-state index contributed by atoms with van der Waals surface area (Å²) in [6.45, 7) is 7.65. The van der Waals surface area contributed by atoms with Crippen LogP contribution in [-0.4, -0.2) is 73.0 Å². The number of pyridine rings is 1. The van der Waals surface area contributed by atoms with Crippen LogP contribution in [0.5, 0.6) is 0 Å². The maximum absolute atomic E-state index is 12.8. The number of fused-ring (bicyclic) bond motifs is 1. The van der Waals surface area contributed by atoms with Gasteiger partial charge in [0.15, 0.2) is 0 Å². The van der Waals surface area contributed by atoms with Gasteiger partial charge in [0, 0.05) is 50.1 Å². The summed E-state index contributed by atoms with van der Waals surface area (Å²) in [5.74, 6) is 0.811. The third-order valence-corrected chi connectivity index (χ3v) is 7.18. The summed E-state index contributed by atoms with van der Waals surface area (Å²) in [4.78, 5) is 22.3. The van der Waals surface area contributed by atoms with Gasteiger partial charge in [-0.3, -0.25) is 9.69 Å². The number of carbonyl (C=O) groups excluding carboxylic acids is 1. The lowest BCUT2D eigenvalue weighted by molar-refractivity contribution is -0.150. The van der Waals surface area contributed by atoms with Gasteiger partial charge in [-0.15, -0.1) is 0 Å². The van der Waals surface area contributed by atoms with Gasteiger partial charge >= 0.3 is 5.97 Å². The Balaban J connectivity index is 1.30. The first kappa shape index (κ1) is 20.7. The van der Waals surface area contributed by atoms with Crippen LogP contribution >= 0.6 is 0 Å². The predicted molar refractivity (Wildman–Crippen MR) is 118 cm³/mol. The molecule has 31 heavy (non-hydrogen) atoms. The first-order chi connectivity index (χ1) is 15.1. The molecule has 2 aromatic rings. The molecule has 3 aliphatic heterocycles. The topological polar surface area (TPSA) is 75.1 Å². The lowest BCUT2D eigenvalue weighted by atomic mass is 9.76. The Morgan fingerprint density at radius 3 is 2.71 bits per heavy atom. The summed E-state index contributed by atoms with van der Waals surface area (Å²) < 4.78 is 11.2. The lowest BCUT2D eigenvalue weighted by Crippen LogP contribution is -2.43. The van der Waals surface area contributed by atoms with Crippen LogP contribution in [0.4, 0.5) is 5.82 Å². The van der Waals surface area contributed by atoms with Gasteiger partial charge in [-0.25, -0.2) is 4.98 Å². The average Bonchev–Trinajstić information content (AvgIpc) is 3.08. The molecule has 0 aliphatic carbocycles. The predicted octanol–water partition coefficient (Wildman–Crippen LogP) is 2.27. The molecule has 0 saturated carbocycles. The number of morpholine rings is 1. The Labute approximate surface area is 182 Å². The molecule has 3 saturated heterocycles. The van der Waals surface area contributed by atoms with E-state index < -0.39 is 0 Å². The van der Waals surface area contributed by atoms with Gasteiger partial charge in [0.05, 0.1) is 30.8 Å². The highest BCUT2D eigenvalue weighted by molar-refractivity contribution is 5.85. The van der Waals surface area contributed by atoms with Crippen molar-refractivity contribution in [2.75, 3.05) is 50.8 Å². The molecule has 0 amide bonds. The van der Waals surface area contributed by atoms with Crippen LogP contribution < -0.4 is 4.90 Å². The fraction of sp³-hybridized carbons (Fsp3) is 0.583. The number of carbonyl (C=O) groups is 1. The molecule has 0 bridgehead atoms. The van der Waals surface area contributed by atoms with Crippen LogP contribution in [0, 0.1) is 12.3 Å². The van der Waals surface area contributed by atoms with Crippen LogP contribution in [0.25, 0.3) is 10.9 Å². The maximum atomic E-state index is 12.8. The van der Waals surface area contributed by atoms with Crippen LogP contribution in [0.3, 0.4) is 0 Å². The molecule has 1 spiro atoms. The van der Waals surface area contributed by atoms with Gasteiger partial charge in [-0.2, -0.15) is 0 Å². The van der Waals surface area contributed by atoms with Crippen molar-refractivity contribution in [3.8, 4) is 0 Å². The smallest absolute Gasteiger partial charge is 0.312 e. The molecule has 1 aromatic carbocycles. The first-order valence-electron chi connectivity index (χ1n) is 11.3. The summed E-state index contributed by atoms with van der Waals surface area (Å²) in [5, 5.41) is 11.0. The Kier molecular flexibility index (Phi) is 5.58. The Morgan fingerprint density at radius 1 is 1.19 bits per heavy atom. The molecule has 166 valence electrons. The zero-order valence-corrected chi connectivity index (χ0v) is 18.2. The molecule has 1 atom stereocenters. The number of ether oxygens (including phenoxy) is 2. The van der Waals surface area contributed by atoms with E-state index in [-0.39, 0.29) is 24.1 Å². The van der Waals surface area contributed by atoms with Gasteiger partial charge in [-0.1, -0.05) is 18.2 Å². The number of hydrogen-bond donors (Lipinski definition) is 1. The zero-order valence-electron chi connectivity index (χ0n) is 18.2. The van der Waals surface area contributed by atoms with E-state index in [0.29, 0.717) is 0 Å². The minimum Gasteiger partial charge on any atom is -0.461 e. The van der Waals surface area contributed by atoms with Gasteiger partial charge in [0.1, 0.15) is 11.9 Å². The number of nitrogens with zero attached hydrogens (tertiary/aromatic N) is 3. The van der Waals surface area contributed by atoms with Gasteiger partial charge in [0.25, 0.3) is 0 Å². The number of hydrogen-bond acceptors (Lipinski definition) is 7. The van der Waals surface area contributed by atoms with E-state index in [1.165, 1.54) is 0 Å². The monoisotopic (exact) mass is 425 g/mol. The Morgan fingerprint density at radius 2 is 1.97 bits per heavy atom. The second-order valence-electron chi connectivity index (χ2n) is 9.19. The van der Waals surface area contributed by atoms with E-state index in [1.807, 2.05) is 18.2 Å². The molecular formula is C24H31N3O4. The van der Waals surface area contributed by atoms with E-state index in [0.717, 1.165) is 93.0 Å². The molecule has 4 heterocycles. The zero-order chi connectivity index (χ0) is 21.4. The highest BCUT2D eigenvalue weighted by atomic mass is 16.6. The van der Waals surface area contributed by atoms with E-state index in [1.54, 1.807) is 0 Å². The molecule has 3 aliphatic rings. The second kappa shape index (κ2) is 8.37. The highest BCUT2D eigenvalue weighted by Crippen LogP contribution is 2.44. The molecule has 5 rings (SSSR count). The number of cyclic esters (lactones) is 1. The van der Waals surface area contributed by atoms with E-state index in [4.69, 9.17) is 14.5 Å². The van der Waals surface area contributed by atoms with Gasteiger partial charge in [-0.05, 0) is 31.4 Å². The number of aliphatic hydroxyl groups is 1. The highest BCUT2D eigenvalue weighted by Gasteiger charge is 2.50. The first-order valence-corrected chi connectivity index (χ1v) is 11.3. The number of aliphatic hydroxyl groups excluding tert-OH is 1. The molecule has 1 N–H and O–H groups in total. The van der Waals surface area contributed by atoms with Crippen molar-refractivity contribution >= 4 is 22.7 Å². The summed E-state index contributed by atoms with van der Waals surface area (Å²) in [7, 11) is 0. The minimum absolute atomic E-state index is 0.0217. The number of esters is 1. The van der Waals surface area contributed by atoms with Crippen molar-refractivity contribution in [2.24, 2.45) is 5.41 Å². The number of aryl methyl sites for hydroxylation is 1. The van der Waals surface area contributed by atoms with Crippen molar-refractivity contribution < 1.29 is 19.4 Å². The molecular weight excluding hydrogens is 394 g/mol. The SMILES string of the molecule is Cc1cccc2cc(CO)c(N3CCC4(CC3)CC(CN3CCOCC3)OC4=O)nc12. The number of anilines is 1. The third kappa shape index (κ3) is 3.90. The molecule has 3 fully saturated rings. The van der Waals surface area contributed by atoms with E-state index in [2.05, 4.69) is 22.8 Å². The van der Waals surface area contributed by atoms with Gasteiger partial charge < -0.3 is 19.5 Å². The molecule has 7 heteroatoms. The second-order valence-corrected chi connectivity index (χ2v) is 9.19. The number of aromatic nitrogens is 1. The molecule has 7 nitrogen and oxygen atoms in total. The number of rotatable bonds is 4. The summed E-state index contributed by atoms with van der Waals surface area (Å²) in [5.41, 5.74) is 2.57. The van der Waals surface area contributed by atoms with Crippen LogP contribution in [0.2, 0.25) is 0 Å². The summed E-state index contributed by atoms with van der Waals surface area (Å²) in [6, 6.07) is 8.15. The Bertz CT molecular complexity index is 965. The quantitative estimate of drug-likeness (QED) is 0.753. The van der Waals surface area contributed by atoms with Crippen molar-refractivity contribution in [1.29, 1.82) is 0 Å². The van der Waals surface area contributed by atoms with Crippen LogP contribution in [0.15, 0.2) is 24.3 Å². The Hall–Kier alpha value is -2.22. The molecule has 1 unspecified atom stereocenters. The minimum atomic E-state index is -0.375. The number of para-hydroxylation sites is 1. The standard InChI is InChI=1S/C24H31N3O4/c1-17-3-2-4-18-13-19(16-28)22(25-21(17)18)27-7-5-24(6-8-27)14-20(31-23(24)29)15-26-9-11-30-12-10-26/h2-4,13,20,28H,5-12,14-16H2,1H3. The van der Waals surface area contributed by atoms with Crippen LogP contribution in [-0.2, 0) is 20.9 Å². The van der Waals surface area contributed by atoms with Crippen molar-refractivity contribution in [3.05, 3.63) is 35.4 Å². The van der Waals surface area contributed by atoms with Crippen LogP contribution in [0.1, 0.15) is 30.4 Å².